The number of aromatic carboxylic acids is 1. The van der Waals surface area contributed by atoms with Crippen LogP contribution in [0.1, 0.15) is 35.7 Å². The number of carboxylic acids is 1. The average Bonchev–Trinajstić information content (AvgIpc) is 2.71. The van der Waals surface area contributed by atoms with Crippen molar-refractivity contribution in [3.05, 3.63) is 57.9 Å². The number of nitrogens with one attached hydrogen (secondary N) is 1. The highest BCUT2D eigenvalue weighted by Gasteiger charge is 2.38. The number of dihydropyridines is 1. The van der Waals surface area contributed by atoms with Crippen molar-refractivity contribution in [2.45, 2.75) is 19.8 Å². The van der Waals surface area contributed by atoms with E-state index in [4.69, 9.17) is 25.1 Å². The lowest BCUT2D eigenvalue weighted by Crippen LogP contribution is -2.33. The van der Waals surface area contributed by atoms with E-state index >= 15 is 0 Å². The van der Waals surface area contributed by atoms with Crippen LogP contribution in [0.15, 0.2) is 46.8 Å². The number of carboxylic acid groups (broad SMARTS) is 1. The maximum absolute atomic E-state index is 12.9. The summed E-state index contributed by atoms with van der Waals surface area (Å²) in [7, 11) is 1.49. The number of benzene rings is 1. The molecule has 1 unspecified atom stereocenters. The van der Waals surface area contributed by atoms with Crippen LogP contribution in [0.5, 0.6) is 0 Å². The van der Waals surface area contributed by atoms with Crippen LogP contribution in [0.4, 0.5) is 0 Å². The van der Waals surface area contributed by atoms with Crippen LogP contribution in [-0.2, 0) is 23.8 Å². The maximum atomic E-state index is 12.9. The van der Waals surface area contributed by atoms with Crippen LogP contribution in [0.2, 0.25) is 0 Å². The Balaban J connectivity index is 2.52. The van der Waals surface area contributed by atoms with Gasteiger partial charge in [-0.05, 0) is 31.5 Å². The summed E-state index contributed by atoms with van der Waals surface area (Å²) in [5.74, 6) is -3.10. The van der Waals surface area contributed by atoms with Gasteiger partial charge < -0.3 is 30.4 Å². The molecule has 1 aliphatic rings. The second-order valence-corrected chi connectivity index (χ2v) is 6.62. The maximum Gasteiger partial charge on any atom is 0.336 e. The molecule has 0 amide bonds. The molecule has 1 aliphatic heterocycles. The first-order valence-electron chi connectivity index (χ1n) is 9.36. The summed E-state index contributed by atoms with van der Waals surface area (Å²) in [6.45, 7) is 3.86. The SMILES string of the molecule is COCCOC(=O)C1=C(C)NC(C)=C(C(=O)OCCN)C1c1ccc(C(=O)O)cc1. The Morgan fingerprint density at radius 3 is 1.97 bits per heavy atom. The molecule has 1 atom stereocenters. The van der Waals surface area contributed by atoms with Crippen molar-refractivity contribution in [1.82, 2.24) is 5.32 Å². The number of carbonyl (C=O) groups excluding carboxylic acids is 2. The van der Waals surface area contributed by atoms with Crippen molar-refractivity contribution in [2.75, 3.05) is 33.5 Å². The van der Waals surface area contributed by atoms with Crippen LogP contribution in [0, 0.1) is 0 Å². The average molecular weight is 418 g/mol. The van der Waals surface area contributed by atoms with E-state index in [1.807, 2.05) is 0 Å². The molecule has 9 heteroatoms. The minimum Gasteiger partial charge on any atom is -0.478 e. The number of nitrogens with two attached hydrogens (primary N) is 1. The first-order chi connectivity index (χ1) is 14.3. The lowest BCUT2D eigenvalue weighted by atomic mass is 9.80. The molecular weight excluding hydrogens is 392 g/mol. The van der Waals surface area contributed by atoms with Crippen LogP contribution in [-0.4, -0.2) is 56.5 Å². The van der Waals surface area contributed by atoms with Gasteiger partial charge in [0.05, 0.1) is 29.2 Å². The van der Waals surface area contributed by atoms with Gasteiger partial charge in [-0.25, -0.2) is 14.4 Å². The van der Waals surface area contributed by atoms with E-state index in [2.05, 4.69) is 5.32 Å². The zero-order valence-corrected chi connectivity index (χ0v) is 17.2. The number of hydrogen-bond acceptors (Lipinski definition) is 8. The molecule has 9 nitrogen and oxygen atoms in total. The van der Waals surface area contributed by atoms with E-state index in [9.17, 15) is 14.4 Å². The van der Waals surface area contributed by atoms with Crippen LogP contribution < -0.4 is 11.1 Å². The van der Waals surface area contributed by atoms with Crippen LogP contribution in [0.3, 0.4) is 0 Å². The molecule has 0 radical (unpaired) electrons. The standard InChI is InChI=1S/C21H26N2O7/c1-12-16(20(26)29-9-8-22)18(14-4-6-15(7-5-14)19(24)25)17(13(2)23-12)21(27)30-11-10-28-3/h4-7,18,23H,8-11,22H2,1-3H3,(H,24,25). The van der Waals surface area contributed by atoms with Gasteiger partial charge in [-0.3, -0.25) is 0 Å². The molecular formula is C21H26N2O7. The second kappa shape index (κ2) is 10.6. The smallest absolute Gasteiger partial charge is 0.336 e. The van der Waals surface area contributed by atoms with Gasteiger partial charge in [0.2, 0.25) is 0 Å². The van der Waals surface area contributed by atoms with Crippen molar-refractivity contribution in [1.29, 1.82) is 0 Å². The molecule has 0 aromatic heterocycles. The van der Waals surface area contributed by atoms with Crippen LogP contribution >= 0.6 is 0 Å². The molecule has 1 heterocycles. The molecule has 0 saturated carbocycles. The normalized spacial score (nSPS) is 16.2. The highest BCUT2D eigenvalue weighted by molar-refractivity contribution is 6.00. The number of hydrogen-bond donors (Lipinski definition) is 3. The first-order valence-corrected chi connectivity index (χ1v) is 9.36. The molecule has 2 rings (SSSR count). The fourth-order valence-corrected chi connectivity index (χ4v) is 3.21. The fraction of sp³-hybridized carbons (Fsp3) is 0.381. The number of allylic oxidation sites excluding steroid dienone is 2. The molecule has 0 aliphatic carbocycles. The van der Waals surface area contributed by atoms with E-state index in [-0.39, 0.29) is 43.1 Å². The highest BCUT2D eigenvalue weighted by atomic mass is 16.6. The van der Waals surface area contributed by atoms with Gasteiger partial charge in [0.25, 0.3) is 0 Å². The Labute approximate surface area is 174 Å². The van der Waals surface area contributed by atoms with Crippen molar-refractivity contribution < 1.29 is 33.7 Å². The largest absolute Gasteiger partial charge is 0.478 e. The van der Waals surface area contributed by atoms with E-state index in [1.54, 1.807) is 26.0 Å². The molecule has 30 heavy (non-hydrogen) atoms. The Morgan fingerprint density at radius 1 is 0.967 bits per heavy atom. The highest BCUT2D eigenvalue weighted by Crippen LogP contribution is 2.39. The van der Waals surface area contributed by atoms with Gasteiger partial charge in [-0.2, -0.15) is 0 Å². The molecule has 4 N–H and O–H groups in total. The molecule has 162 valence electrons. The monoisotopic (exact) mass is 418 g/mol. The molecule has 1 aromatic rings. The number of esters is 2. The lowest BCUT2D eigenvalue weighted by Gasteiger charge is -2.30. The molecule has 0 spiro atoms. The van der Waals surface area contributed by atoms with Crippen molar-refractivity contribution in [2.24, 2.45) is 5.73 Å². The van der Waals surface area contributed by atoms with Gasteiger partial charge >= 0.3 is 17.9 Å². The van der Waals surface area contributed by atoms with Gasteiger partial charge in [0, 0.05) is 25.0 Å². The summed E-state index contributed by atoms with van der Waals surface area (Å²) in [5.41, 5.74) is 7.60. The molecule has 1 aromatic carbocycles. The van der Waals surface area contributed by atoms with Crippen LogP contribution in [0.25, 0.3) is 0 Å². The first kappa shape index (κ1) is 23.1. The number of carbonyl (C=O) groups is 3. The van der Waals surface area contributed by atoms with Crippen molar-refractivity contribution in [3.63, 3.8) is 0 Å². The third-order valence-corrected chi connectivity index (χ3v) is 4.56. The van der Waals surface area contributed by atoms with Crippen molar-refractivity contribution >= 4 is 17.9 Å². The number of methoxy groups -OCH3 is 1. The third kappa shape index (κ3) is 5.25. The zero-order valence-electron chi connectivity index (χ0n) is 17.2. The van der Waals surface area contributed by atoms with Gasteiger partial charge in [0.15, 0.2) is 0 Å². The Bertz CT molecular complexity index is 872. The lowest BCUT2D eigenvalue weighted by molar-refractivity contribution is -0.141. The Morgan fingerprint density at radius 2 is 1.50 bits per heavy atom. The topological polar surface area (TPSA) is 137 Å². The van der Waals surface area contributed by atoms with Crippen molar-refractivity contribution in [3.8, 4) is 0 Å². The minimum absolute atomic E-state index is 0.0244. The summed E-state index contributed by atoms with van der Waals surface area (Å²) >= 11 is 0. The minimum atomic E-state index is -1.08. The Hall–Kier alpha value is -3.17. The summed E-state index contributed by atoms with van der Waals surface area (Å²) in [4.78, 5) is 36.9. The number of rotatable bonds is 9. The third-order valence-electron chi connectivity index (χ3n) is 4.56. The van der Waals surface area contributed by atoms with Gasteiger partial charge in [-0.1, -0.05) is 12.1 Å². The molecule has 0 fully saturated rings. The molecule has 0 saturated heterocycles. The summed E-state index contributed by atoms with van der Waals surface area (Å²) in [6, 6.07) is 5.97. The predicted molar refractivity (Wildman–Crippen MR) is 108 cm³/mol. The van der Waals surface area contributed by atoms with Gasteiger partial charge in [0.1, 0.15) is 13.2 Å². The summed E-state index contributed by atoms with van der Waals surface area (Å²) < 4.78 is 15.4. The van der Waals surface area contributed by atoms with E-state index in [0.717, 1.165) is 0 Å². The van der Waals surface area contributed by atoms with E-state index < -0.39 is 23.8 Å². The van der Waals surface area contributed by atoms with E-state index in [1.165, 1.54) is 19.2 Å². The predicted octanol–water partition coefficient (Wildman–Crippen LogP) is 1.31. The molecule has 0 bridgehead atoms. The Kier molecular flexibility index (Phi) is 8.14. The number of ether oxygens (including phenoxy) is 3. The van der Waals surface area contributed by atoms with Gasteiger partial charge in [-0.15, -0.1) is 0 Å². The fourth-order valence-electron chi connectivity index (χ4n) is 3.21. The zero-order chi connectivity index (χ0) is 22.3. The summed E-state index contributed by atoms with van der Waals surface area (Å²) in [5, 5.41) is 12.2. The quantitative estimate of drug-likeness (QED) is 0.400. The summed E-state index contributed by atoms with van der Waals surface area (Å²) in [6.07, 6.45) is 0. The second-order valence-electron chi connectivity index (χ2n) is 6.62. The van der Waals surface area contributed by atoms with E-state index in [0.29, 0.717) is 17.0 Å².